The Kier molecular flexibility index (Phi) is 6.20. The number of nitrogens with one attached hydrogen (secondary N) is 2. The lowest BCUT2D eigenvalue weighted by atomic mass is 10.2. The van der Waals surface area contributed by atoms with E-state index in [2.05, 4.69) is 20.6 Å². The first-order valence-electron chi connectivity index (χ1n) is 6.88. The van der Waals surface area contributed by atoms with Gasteiger partial charge in [0, 0.05) is 30.5 Å². The van der Waals surface area contributed by atoms with Gasteiger partial charge in [-0.05, 0) is 20.8 Å². The number of aromatic nitrogens is 2. The minimum atomic E-state index is 0.0226. The van der Waals surface area contributed by atoms with E-state index in [0.717, 1.165) is 5.56 Å². The van der Waals surface area contributed by atoms with Crippen molar-refractivity contribution in [1.82, 2.24) is 15.3 Å². The first-order valence-corrected chi connectivity index (χ1v) is 7.26. The first kappa shape index (κ1) is 16.7. The largest absolute Gasteiger partial charge is 0.369 e. The van der Waals surface area contributed by atoms with Crippen LogP contribution >= 0.6 is 11.6 Å². The van der Waals surface area contributed by atoms with Crippen molar-refractivity contribution in [2.45, 2.75) is 53.0 Å². The predicted octanol–water partition coefficient (Wildman–Crippen LogP) is 2.89. The van der Waals surface area contributed by atoms with Crippen molar-refractivity contribution in [3.05, 3.63) is 16.5 Å². The summed E-state index contributed by atoms with van der Waals surface area (Å²) in [4.78, 5) is 20.3. The van der Waals surface area contributed by atoms with E-state index in [1.165, 1.54) is 0 Å². The summed E-state index contributed by atoms with van der Waals surface area (Å²) >= 11 is 6.10. The maximum Gasteiger partial charge on any atom is 0.221 e. The molecule has 0 unspecified atom stereocenters. The van der Waals surface area contributed by atoms with Crippen LogP contribution < -0.4 is 10.6 Å². The lowest BCUT2D eigenvalue weighted by molar-refractivity contribution is -0.121. The summed E-state index contributed by atoms with van der Waals surface area (Å²) in [6.07, 6.45) is 0.399. The van der Waals surface area contributed by atoms with Crippen LogP contribution in [0.2, 0.25) is 5.15 Å². The number of amides is 1. The number of carbonyl (C=O) groups is 1. The number of hydrogen-bond acceptors (Lipinski definition) is 4. The zero-order valence-electron chi connectivity index (χ0n) is 12.7. The van der Waals surface area contributed by atoms with Crippen molar-refractivity contribution >= 4 is 23.3 Å². The number of anilines is 1. The molecule has 1 aromatic heterocycles. The number of hydrogen-bond donors (Lipinski definition) is 2. The lowest BCUT2D eigenvalue weighted by Gasteiger charge is -2.13. The maximum atomic E-state index is 11.6. The third-order valence-corrected chi connectivity index (χ3v) is 3.08. The van der Waals surface area contributed by atoms with Gasteiger partial charge in [0.2, 0.25) is 5.91 Å². The quantitative estimate of drug-likeness (QED) is 0.793. The van der Waals surface area contributed by atoms with Gasteiger partial charge in [0.15, 0.2) is 0 Å². The van der Waals surface area contributed by atoms with E-state index in [1.807, 2.05) is 34.6 Å². The van der Waals surface area contributed by atoms with Gasteiger partial charge in [0.25, 0.3) is 0 Å². The zero-order chi connectivity index (χ0) is 15.3. The monoisotopic (exact) mass is 298 g/mol. The van der Waals surface area contributed by atoms with Crippen molar-refractivity contribution in [3.63, 3.8) is 0 Å². The highest BCUT2D eigenvalue weighted by molar-refractivity contribution is 6.30. The molecule has 0 aliphatic rings. The highest BCUT2D eigenvalue weighted by Crippen LogP contribution is 2.22. The molecule has 6 heteroatoms. The van der Waals surface area contributed by atoms with Crippen LogP contribution in [0.25, 0.3) is 0 Å². The molecule has 0 spiro atoms. The molecule has 1 amide bonds. The molecule has 1 heterocycles. The minimum Gasteiger partial charge on any atom is -0.369 e. The highest BCUT2D eigenvalue weighted by Gasteiger charge is 2.12. The summed E-state index contributed by atoms with van der Waals surface area (Å²) in [6, 6.07) is 0.158. The molecule has 0 fully saturated rings. The third kappa shape index (κ3) is 4.96. The zero-order valence-corrected chi connectivity index (χ0v) is 13.5. The average Bonchev–Trinajstić information content (AvgIpc) is 2.33. The van der Waals surface area contributed by atoms with E-state index in [1.54, 1.807) is 0 Å². The second-order valence-corrected chi connectivity index (χ2v) is 5.76. The summed E-state index contributed by atoms with van der Waals surface area (Å²) in [6.45, 7) is 10.3. The molecule has 0 radical (unpaired) electrons. The summed E-state index contributed by atoms with van der Waals surface area (Å²) < 4.78 is 0. The fraction of sp³-hybridized carbons (Fsp3) is 0.643. The van der Waals surface area contributed by atoms with E-state index in [4.69, 9.17) is 11.6 Å². The van der Waals surface area contributed by atoms with Crippen molar-refractivity contribution in [2.24, 2.45) is 0 Å². The number of rotatable bonds is 6. The minimum absolute atomic E-state index is 0.0226. The van der Waals surface area contributed by atoms with Crippen LogP contribution in [0.15, 0.2) is 0 Å². The first-order chi connectivity index (χ1) is 9.31. The molecule has 0 bridgehead atoms. The topological polar surface area (TPSA) is 66.9 Å². The Hall–Kier alpha value is -1.36. The number of carbonyl (C=O) groups excluding carboxylic acids is 1. The molecule has 1 aromatic rings. The molecule has 0 saturated carbocycles. The molecule has 20 heavy (non-hydrogen) atoms. The molecule has 0 atom stereocenters. The molecule has 112 valence electrons. The van der Waals surface area contributed by atoms with E-state index in [9.17, 15) is 4.79 Å². The number of nitrogens with zero attached hydrogens (tertiary/aromatic N) is 2. The Bertz CT molecular complexity index is 474. The summed E-state index contributed by atoms with van der Waals surface area (Å²) in [5, 5.41) is 6.46. The van der Waals surface area contributed by atoms with E-state index < -0.39 is 0 Å². The summed E-state index contributed by atoms with van der Waals surface area (Å²) in [7, 11) is 0. The Labute approximate surface area is 125 Å². The molecule has 0 aromatic carbocycles. The molecule has 0 aliphatic carbocycles. The molecule has 0 saturated heterocycles. The van der Waals surface area contributed by atoms with E-state index in [0.29, 0.717) is 29.8 Å². The standard InChI is InChI=1S/C14H23ClN4O/c1-8(2)13-18-12(15)10(5)14(19-13)16-7-6-11(20)17-9(3)4/h8-9H,6-7H2,1-5H3,(H,17,20)(H,16,18,19). The van der Waals surface area contributed by atoms with Crippen LogP contribution in [0.3, 0.4) is 0 Å². The van der Waals surface area contributed by atoms with Gasteiger partial charge < -0.3 is 10.6 Å². The van der Waals surface area contributed by atoms with Gasteiger partial charge >= 0.3 is 0 Å². The van der Waals surface area contributed by atoms with Gasteiger partial charge in [0.1, 0.15) is 16.8 Å². The Morgan fingerprint density at radius 3 is 2.45 bits per heavy atom. The van der Waals surface area contributed by atoms with Gasteiger partial charge in [-0.3, -0.25) is 4.79 Å². The van der Waals surface area contributed by atoms with E-state index >= 15 is 0 Å². The average molecular weight is 299 g/mol. The molecule has 0 aliphatic heterocycles. The normalized spacial score (nSPS) is 11.0. The Morgan fingerprint density at radius 2 is 1.90 bits per heavy atom. The van der Waals surface area contributed by atoms with Crippen LogP contribution in [0.4, 0.5) is 5.82 Å². The van der Waals surface area contributed by atoms with Gasteiger partial charge in [-0.15, -0.1) is 0 Å². The van der Waals surface area contributed by atoms with Gasteiger partial charge in [0.05, 0.1) is 0 Å². The van der Waals surface area contributed by atoms with Crippen molar-refractivity contribution in [3.8, 4) is 0 Å². The second-order valence-electron chi connectivity index (χ2n) is 5.40. The van der Waals surface area contributed by atoms with Crippen molar-refractivity contribution in [2.75, 3.05) is 11.9 Å². The smallest absolute Gasteiger partial charge is 0.221 e. The van der Waals surface area contributed by atoms with Crippen LogP contribution in [0.5, 0.6) is 0 Å². The fourth-order valence-corrected chi connectivity index (χ4v) is 1.80. The molecular formula is C14H23ClN4O. The molecule has 5 nitrogen and oxygen atoms in total. The van der Waals surface area contributed by atoms with Gasteiger partial charge in [-0.2, -0.15) is 0 Å². The fourth-order valence-electron chi connectivity index (χ4n) is 1.62. The third-order valence-electron chi connectivity index (χ3n) is 2.71. The van der Waals surface area contributed by atoms with Crippen LogP contribution in [-0.4, -0.2) is 28.5 Å². The van der Waals surface area contributed by atoms with Crippen LogP contribution in [0.1, 0.15) is 51.4 Å². The number of halogens is 1. The molecular weight excluding hydrogens is 276 g/mol. The Morgan fingerprint density at radius 1 is 1.25 bits per heavy atom. The van der Waals surface area contributed by atoms with Crippen LogP contribution in [0, 0.1) is 6.92 Å². The highest BCUT2D eigenvalue weighted by atomic mass is 35.5. The second kappa shape index (κ2) is 7.43. The SMILES string of the molecule is Cc1c(Cl)nc(C(C)C)nc1NCCC(=O)NC(C)C. The molecule has 2 N–H and O–H groups in total. The van der Waals surface area contributed by atoms with Gasteiger partial charge in [-0.1, -0.05) is 25.4 Å². The summed E-state index contributed by atoms with van der Waals surface area (Å²) in [5.41, 5.74) is 0.806. The van der Waals surface area contributed by atoms with Crippen LogP contribution in [-0.2, 0) is 4.79 Å². The van der Waals surface area contributed by atoms with Crippen molar-refractivity contribution in [1.29, 1.82) is 0 Å². The van der Waals surface area contributed by atoms with E-state index in [-0.39, 0.29) is 17.9 Å². The lowest BCUT2D eigenvalue weighted by Crippen LogP contribution is -2.31. The predicted molar refractivity (Wildman–Crippen MR) is 82.3 cm³/mol. The maximum absolute atomic E-state index is 11.6. The van der Waals surface area contributed by atoms with Gasteiger partial charge in [-0.25, -0.2) is 9.97 Å². The summed E-state index contributed by atoms with van der Waals surface area (Å²) in [5.74, 6) is 1.63. The Balaban J connectivity index is 2.66. The van der Waals surface area contributed by atoms with Crippen molar-refractivity contribution < 1.29 is 4.79 Å². The molecule has 1 rings (SSSR count).